The van der Waals surface area contributed by atoms with Crippen LogP contribution in [0.15, 0.2) is 6.07 Å². The average molecular weight is 273 g/mol. The highest BCUT2D eigenvalue weighted by molar-refractivity contribution is 7.99. The van der Waals surface area contributed by atoms with Crippen molar-refractivity contribution < 1.29 is 0 Å². The van der Waals surface area contributed by atoms with Crippen LogP contribution in [0.1, 0.15) is 36.1 Å². The lowest BCUT2D eigenvalue weighted by Crippen LogP contribution is -2.20. The topological polar surface area (TPSA) is 48.7 Å². The third-order valence-electron chi connectivity index (χ3n) is 4.07. The molecule has 0 amide bonds. The number of hydrogen-bond donors (Lipinski definition) is 1. The summed E-state index contributed by atoms with van der Waals surface area (Å²) in [4.78, 5) is 4.67. The van der Waals surface area contributed by atoms with E-state index in [1.54, 1.807) is 0 Å². The van der Waals surface area contributed by atoms with E-state index < -0.39 is 0 Å². The average Bonchev–Trinajstić information content (AvgIpc) is 2.92. The molecule has 3 nitrogen and oxygen atoms in total. The van der Waals surface area contributed by atoms with E-state index in [1.165, 1.54) is 42.0 Å². The Balaban J connectivity index is 1.71. The molecule has 1 aromatic heterocycles. The zero-order valence-electron chi connectivity index (χ0n) is 11.1. The molecule has 1 aromatic rings. The molecule has 0 spiro atoms. The van der Waals surface area contributed by atoms with Crippen LogP contribution >= 0.6 is 11.8 Å². The van der Waals surface area contributed by atoms with Gasteiger partial charge in [0.15, 0.2) is 0 Å². The molecule has 1 saturated heterocycles. The molecular weight excluding hydrogens is 254 g/mol. The van der Waals surface area contributed by atoms with Crippen LogP contribution in [0.5, 0.6) is 0 Å². The number of aryl methyl sites for hydroxylation is 2. The molecule has 0 bridgehead atoms. The third-order valence-corrected chi connectivity index (χ3v) is 5.12. The van der Waals surface area contributed by atoms with Gasteiger partial charge in [0.1, 0.15) is 11.9 Å². The molecule has 0 atom stereocenters. The quantitative estimate of drug-likeness (QED) is 0.919. The molecule has 19 heavy (non-hydrogen) atoms. The third kappa shape index (κ3) is 2.87. The van der Waals surface area contributed by atoms with Gasteiger partial charge in [0.25, 0.3) is 0 Å². The predicted molar refractivity (Wildman–Crippen MR) is 79.5 cm³/mol. The van der Waals surface area contributed by atoms with E-state index in [2.05, 4.69) is 16.4 Å². The van der Waals surface area contributed by atoms with Crippen LogP contribution in [0.3, 0.4) is 0 Å². The Kier molecular flexibility index (Phi) is 3.93. The molecule has 2 heterocycles. The Labute approximate surface area is 118 Å². The second-order valence-electron chi connectivity index (χ2n) is 5.39. The highest BCUT2D eigenvalue weighted by atomic mass is 32.2. The van der Waals surface area contributed by atoms with Gasteiger partial charge in [0.05, 0.1) is 5.56 Å². The molecule has 0 radical (unpaired) electrons. The Morgan fingerprint density at radius 1 is 1.37 bits per heavy atom. The van der Waals surface area contributed by atoms with Crippen LogP contribution < -0.4 is 5.32 Å². The first-order chi connectivity index (χ1) is 9.36. The summed E-state index contributed by atoms with van der Waals surface area (Å²) >= 11 is 2.05. The van der Waals surface area contributed by atoms with E-state index in [4.69, 9.17) is 0 Å². The first-order valence-electron chi connectivity index (χ1n) is 7.11. The zero-order chi connectivity index (χ0) is 13.1. The van der Waals surface area contributed by atoms with Gasteiger partial charge in [-0.05, 0) is 61.2 Å². The van der Waals surface area contributed by atoms with Crippen molar-refractivity contribution in [3.05, 3.63) is 22.9 Å². The largest absolute Gasteiger partial charge is 0.369 e. The summed E-state index contributed by atoms with van der Waals surface area (Å²) in [5.74, 6) is 4.09. The van der Waals surface area contributed by atoms with Crippen molar-refractivity contribution in [2.24, 2.45) is 5.92 Å². The summed E-state index contributed by atoms with van der Waals surface area (Å²) in [5.41, 5.74) is 3.18. The van der Waals surface area contributed by atoms with Gasteiger partial charge in [0.2, 0.25) is 0 Å². The summed E-state index contributed by atoms with van der Waals surface area (Å²) < 4.78 is 0. The molecule has 4 heteroatoms. The number of rotatable bonds is 3. The standard InChI is InChI=1S/C15H19N3S/c16-9-13-8-12-2-1-3-14(12)18-15(13)17-10-11-4-6-19-7-5-11/h8,11H,1-7,10H2,(H,17,18). The summed E-state index contributed by atoms with van der Waals surface area (Å²) in [6.45, 7) is 0.959. The summed E-state index contributed by atoms with van der Waals surface area (Å²) in [6.07, 6.45) is 5.89. The maximum Gasteiger partial charge on any atom is 0.144 e. The van der Waals surface area contributed by atoms with Crippen molar-refractivity contribution in [2.75, 3.05) is 23.4 Å². The molecule has 1 N–H and O–H groups in total. The smallest absolute Gasteiger partial charge is 0.144 e. The van der Waals surface area contributed by atoms with E-state index in [0.29, 0.717) is 5.56 Å². The number of hydrogen-bond acceptors (Lipinski definition) is 4. The van der Waals surface area contributed by atoms with Crippen molar-refractivity contribution >= 4 is 17.6 Å². The van der Waals surface area contributed by atoms with Gasteiger partial charge in [0, 0.05) is 12.2 Å². The van der Waals surface area contributed by atoms with Crippen LogP contribution in [-0.4, -0.2) is 23.0 Å². The van der Waals surface area contributed by atoms with Gasteiger partial charge in [-0.2, -0.15) is 17.0 Å². The second kappa shape index (κ2) is 5.83. The van der Waals surface area contributed by atoms with Crippen LogP contribution in [0.2, 0.25) is 0 Å². The van der Waals surface area contributed by atoms with Gasteiger partial charge in [-0.15, -0.1) is 0 Å². The number of pyridine rings is 1. The van der Waals surface area contributed by atoms with Gasteiger partial charge in [-0.25, -0.2) is 4.98 Å². The number of aromatic nitrogens is 1. The second-order valence-corrected chi connectivity index (χ2v) is 6.62. The van der Waals surface area contributed by atoms with Gasteiger partial charge in [-0.3, -0.25) is 0 Å². The molecule has 0 unspecified atom stereocenters. The lowest BCUT2D eigenvalue weighted by atomic mass is 10.0. The van der Waals surface area contributed by atoms with Crippen LogP contribution in [-0.2, 0) is 12.8 Å². The van der Waals surface area contributed by atoms with E-state index >= 15 is 0 Å². The minimum absolute atomic E-state index is 0.714. The van der Waals surface area contributed by atoms with E-state index in [-0.39, 0.29) is 0 Å². The first kappa shape index (κ1) is 12.8. The molecular formula is C15H19N3S. The number of nitrogens with one attached hydrogen (secondary N) is 1. The van der Waals surface area contributed by atoms with Crippen molar-refractivity contribution in [2.45, 2.75) is 32.1 Å². The van der Waals surface area contributed by atoms with Gasteiger partial charge in [-0.1, -0.05) is 0 Å². The monoisotopic (exact) mass is 273 g/mol. The summed E-state index contributed by atoms with van der Waals surface area (Å²) in [7, 11) is 0. The molecule has 0 saturated carbocycles. The highest BCUT2D eigenvalue weighted by Gasteiger charge is 2.18. The lowest BCUT2D eigenvalue weighted by molar-refractivity contribution is 0.515. The number of thioether (sulfide) groups is 1. The summed E-state index contributed by atoms with van der Waals surface area (Å²) in [5, 5.41) is 12.7. The maximum absolute atomic E-state index is 9.25. The minimum Gasteiger partial charge on any atom is -0.369 e. The Bertz CT molecular complexity index is 501. The SMILES string of the molecule is N#Cc1cc2c(nc1NCC1CCSCC1)CCC2. The van der Waals surface area contributed by atoms with E-state index in [1.807, 2.05) is 17.8 Å². The fraction of sp³-hybridized carbons (Fsp3) is 0.600. The van der Waals surface area contributed by atoms with Crippen molar-refractivity contribution in [1.29, 1.82) is 5.26 Å². The van der Waals surface area contributed by atoms with Crippen molar-refractivity contribution in [3.63, 3.8) is 0 Å². The van der Waals surface area contributed by atoms with Gasteiger partial charge >= 0.3 is 0 Å². The molecule has 3 rings (SSSR count). The maximum atomic E-state index is 9.25. The van der Waals surface area contributed by atoms with Crippen molar-refractivity contribution in [3.8, 4) is 6.07 Å². The molecule has 1 aliphatic carbocycles. The van der Waals surface area contributed by atoms with Crippen LogP contribution in [0.4, 0.5) is 5.82 Å². The molecule has 0 aromatic carbocycles. The highest BCUT2D eigenvalue weighted by Crippen LogP contribution is 2.26. The van der Waals surface area contributed by atoms with Crippen LogP contribution in [0, 0.1) is 17.2 Å². The van der Waals surface area contributed by atoms with Gasteiger partial charge < -0.3 is 5.32 Å². The van der Waals surface area contributed by atoms with Crippen molar-refractivity contribution in [1.82, 2.24) is 4.98 Å². The normalized spacial score (nSPS) is 18.9. The fourth-order valence-corrected chi connectivity index (χ4v) is 4.09. The Morgan fingerprint density at radius 3 is 3.00 bits per heavy atom. The van der Waals surface area contributed by atoms with E-state index in [9.17, 15) is 5.26 Å². The number of nitriles is 1. The number of nitrogens with zero attached hydrogens (tertiary/aromatic N) is 2. The summed E-state index contributed by atoms with van der Waals surface area (Å²) in [6, 6.07) is 4.32. The number of fused-ring (bicyclic) bond motifs is 1. The van der Waals surface area contributed by atoms with Crippen LogP contribution in [0.25, 0.3) is 0 Å². The first-order valence-corrected chi connectivity index (χ1v) is 8.27. The predicted octanol–water partition coefficient (Wildman–Crippen LogP) is 3.00. The minimum atomic E-state index is 0.714. The zero-order valence-corrected chi connectivity index (χ0v) is 11.9. The molecule has 2 aliphatic rings. The molecule has 100 valence electrons. The molecule has 1 aliphatic heterocycles. The molecule has 1 fully saturated rings. The Hall–Kier alpha value is -1.21. The fourth-order valence-electron chi connectivity index (χ4n) is 2.88. The number of anilines is 1. The van der Waals surface area contributed by atoms with E-state index in [0.717, 1.165) is 31.1 Å². The lowest BCUT2D eigenvalue weighted by Gasteiger charge is -2.22. The Morgan fingerprint density at radius 2 is 2.21 bits per heavy atom.